The van der Waals surface area contributed by atoms with Crippen molar-refractivity contribution in [2.75, 3.05) is 23.3 Å². The summed E-state index contributed by atoms with van der Waals surface area (Å²) in [5, 5.41) is 0.344. The summed E-state index contributed by atoms with van der Waals surface area (Å²) in [6.45, 7) is 2.33. The van der Waals surface area contributed by atoms with Gasteiger partial charge >= 0.3 is 0 Å². The van der Waals surface area contributed by atoms with Crippen LogP contribution in [0.2, 0.25) is 5.02 Å². The van der Waals surface area contributed by atoms with E-state index >= 15 is 0 Å². The fraction of sp³-hybridized carbons (Fsp3) is 0.278. The van der Waals surface area contributed by atoms with Gasteiger partial charge in [0.05, 0.1) is 23.4 Å². The number of sulfonamides is 1. The van der Waals surface area contributed by atoms with E-state index in [9.17, 15) is 13.2 Å². The summed E-state index contributed by atoms with van der Waals surface area (Å²) in [4.78, 5) is 13.7. The second kappa shape index (κ2) is 7.17. The quantitative estimate of drug-likeness (QED) is 0.840. The predicted molar refractivity (Wildman–Crippen MR) is 102 cm³/mol. The molecule has 1 amide bonds. The molecule has 3 rings (SSSR count). The molecule has 0 aromatic heterocycles. The molecule has 1 heterocycles. The molecule has 0 spiro atoms. The summed E-state index contributed by atoms with van der Waals surface area (Å²) < 4.78 is 33.3. The Labute approximate surface area is 157 Å². The molecule has 26 heavy (non-hydrogen) atoms. The van der Waals surface area contributed by atoms with Gasteiger partial charge in [-0.1, -0.05) is 17.7 Å². The summed E-state index contributed by atoms with van der Waals surface area (Å²) in [7, 11) is -2.32. The molecule has 8 heteroatoms. The number of anilines is 2. The number of hydrogen-bond acceptors (Lipinski definition) is 4. The van der Waals surface area contributed by atoms with Crippen LogP contribution in [0.4, 0.5) is 11.4 Å². The molecule has 0 bridgehead atoms. The second-order valence-corrected chi connectivity index (χ2v) is 8.14. The molecule has 0 aliphatic carbocycles. The first kappa shape index (κ1) is 18.5. The highest BCUT2D eigenvalue weighted by molar-refractivity contribution is 7.92. The van der Waals surface area contributed by atoms with Gasteiger partial charge in [0.25, 0.3) is 10.0 Å². The second-order valence-electron chi connectivity index (χ2n) is 6.05. The topological polar surface area (TPSA) is 75.7 Å². The Morgan fingerprint density at radius 2 is 1.96 bits per heavy atom. The first-order valence-electron chi connectivity index (χ1n) is 8.09. The van der Waals surface area contributed by atoms with Crippen molar-refractivity contribution in [1.29, 1.82) is 0 Å². The van der Waals surface area contributed by atoms with E-state index in [1.165, 1.54) is 13.2 Å². The van der Waals surface area contributed by atoms with E-state index < -0.39 is 10.0 Å². The predicted octanol–water partition coefficient (Wildman–Crippen LogP) is 3.58. The van der Waals surface area contributed by atoms with Crippen molar-refractivity contribution < 1.29 is 17.9 Å². The van der Waals surface area contributed by atoms with Crippen LogP contribution in [0.25, 0.3) is 0 Å². The fourth-order valence-corrected chi connectivity index (χ4v) is 4.50. The number of amides is 1. The molecule has 6 nitrogen and oxygen atoms in total. The van der Waals surface area contributed by atoms with E-state index in [-0.39, 0.29) is 10.8 Å². The number of nitrogens with zero attached hydrogens (tertiary/aromatic N) is 1. The van der Waals surface area contributed by atoms with Crippen LogP contribution in [0.15, 0.2) is 41.3 Å². The van der Waals surface area contributed by atoms with Gasteiger partial charge in [0.15, 0.2) is 0 Å². The highest BCUT2D eigenvalue weighted by Gasteiger charge is 2.25. The monoisotopic (exact) mass is 394 g/mol. The molecular formula is C18H19ClN2O4S. The van der Waals surface area contributed by atoms with Gasteiger partial charge in [-0.15, -0.1) is 0 Å². The third-order valence-electron chi connectivity index (χ3n) is 4.24. The van der Waals surface area contributed by atoms with Crippen LogP contribution in [0, 0.1) is 6.92 Å². The molecule has 2 aromatic rings. The van der Waals surface area contributed by atoms with Gasteiger partial charge in [0.1, 0.15) is 5.75 Å². The molecule has 1 fully saturated rings. The summed E-state index contributed by atoms with van der Waals surface area (Å²) in [5.74, 6) is 0.467. The number of rotatable bonds is 5. The Kier molecular flexibility index (Phi) is 5.11. The first-order valence-corrected chi connectivity index (χ1v) is 9.95. The zero-order valence-corrected chi connectivity index (χ0v) is 16.0. The smallest absolute Gasteiger partial charge is 0.262 e. The fourth-order valence-electron chi connectivity index (χ4n) is 2.94. The minimum absolute atomic E-state index is 0.0335. The van der Waals surface area contributed by atoms with Crippen molar-refractivity contribution >= 4 is 38.9 Å². The number of carbonyl (C=O) groups is 1. The third kappa shape index (κ3) is 3.64. The van der Waals surface area contributed by atoms with Crippen LogP contribution in [0.3, 0.4) is 0 Å². The normalized spacial score (nSPS) is 14.6. The summed E-state index contributed by atoms with van der Waals surface area (Å²) in [5.41, 5.74) is 1.57. The molecule has 1 saturated heterocycles. The number of ether oxygens (including phenoxy) is 1. The van der Waals surface area contributed by atoms with Crippen LogP contribution < -0.4 is 14.4 Å². The van der Waals surface area contributed by atoms with Crippen molar-refractivity contribution in [3.8, 4) is 5.75 Å². The van der Waals surface area contributed by atoms with Gasteiger partial charge in [-0.05, 0) is 43.2 Å². The van der Waals surface area contributed by atoms with Crippen LogP contribution in [0.1, 0.15) is 18.4 Å². The van der Waals surface area contributed by atoms with Gasteiger partial charge in [-0.25, -0.2) is 8.42 Å². The maximum Gasteiger partial charge on any atom is 0.262 e. The molecule has 2 aromatic carbocycles. The molecule has 0 unspecified atom stereocenters. The van der Waals surface area contributed by atoms with Crippen LogP contribution in [0.5, 0.6) is 5.75 Å². The Hall–Kier alpha value is -2.25. The molecule has 0 radical (unpaired) electrons. The molecule has 0 atom stereocenters. The Balaban J connectivity index is 1.92. The first-order chi connectivity index (χ1) is 12.3. The lowest BCUT2D eigenvalue weighted by atomic mass is 10.2. The molecule has 1 N–H and O–H groups in total. The van der Waals surface area contributed by atoms with Crippen molar-refractivity contribution in [1.82, 2.24) is 0 Å². The van der Waals surface area contributed by atoms with E-state index in [0.717, 1.165) is 6.42 Å². The summed E-state index contributed by atoms with van der Waals surface area (Å²) >= 11 is 5.93. The minimum Gasteiger partial charge on any atom is -0.494 e. The van der Waals surface area contributed by atoms with E-state index in [1.807, 2.05) is 0 Å². The Bertz CT molecular complexity index is 960. The van der Waals surface area contributed by atoms with Crippen molar-refractivity contribution in [2.45, 2.75) is 24.7 Å². The van der Waals surface area contributed by atoms with E-state index in [4.69, 9.17) is 16.3 Å². The maximum absolute atomic E-state index is 12.7. The number of methoxy groups -OCH3 is 1. The van der Waals surface area contributed by atoms with Gasteiger partial charge in [0.2, 0.25) is 5.91 Å². The lowest BCUT2D eigenvalue weighted by Gasteiger charge is -2.20. The SMILES string of the molecule is COc1cc(NS(=O)(=O)c2cc(Cl)ccc2C)ccc1N1CCCC1=O. The molecule has 0 saturated carbocycles. The lowest BCUT2D eigenvalue weighted by Crippen LogP contribution is -2.24. The molecule has 138 valence electrons. The number of hydrogen-bond donors (Lipinski definition) is 1. The third-order valence-corrected chi connectivity index (χ3v) is 5.99. The largest absolute Gasteiger partial charge is 0.494 e. The van der Waals surface area contributed by atoms with Crippen molar-refractivity contribution in [3.63, 3.8) is 0 Å². The summed E-state index contributed by atoms with van der Waals surface area (Å²) in [6, 6.07) is 9.57. The maximum atomic E-state index is 12.7. The Morgan fingerprint density at radius 3 is 2.62 bits per heavy atom. The Morgan fingerprint density at radius 1 is 1.19 bits per heavy atom. The van der Waals surface area contributed by atoms with E-state index in [1.54, 1.807) is 42.2 Å². The number of halogens is 1. The number of nitrogens with one attached hydrogen (secondary N) is 1. The number of carbonyl (C=O) groups excluding carboxylic acids is 1. The lowest BCUT2D eigenvalue weighted by molar-refractivity contribution is -0.117. The van der Waals surface area contributed by atoms with Crippen LogP contribution in [-0.2, 0) is 14.8 Å². The van der Waals surface area contributed by atoms with Crippen LogP contribution >= 0.6 is 11.6 Å². The molecular weight excluding hydrogens is 376 g/mol. The van der Waals surface area contributed by atoms with E-state index in [0.29, 0.717) is 40.7 Å². The van der Waals surface area contributed by atoms with Crippen molar-refractivity contribution in [2.24, 2.45) is 0 Å². The molecule has 1 aliphatic rings. The zero-order valence-electron chi connectivity index (χ0n) is 14.5. The van der Waals surface area contributed by atoms with Gasteiger partial charge in [-0.3, -0.25) is 9.52 Å². The highest BCUT2D eigenvalue weighted by atomic mass is 35.5. The van der Waals surface area contributed by atoms with Gasteiger partial charge in [-0.2, -0.15) is 0 Å². The van der Waals surface area contributed by atoms with Gasteiger partial charge < -0.3 is 9.64 Å². The average Bonchev–Trinajstić information content (AvgIpc) is 3.02. The minimum atomic E-state index is -3.80. The standard InChI is InChI=1S/C18H19ClN2O4S/c1-12-5-6-13(19)10-17(12)26(23,24)20-14-7-8-15(16(11-14)25-2)21-9-3-4-18(21)22/h5-8,10-11,20H,3-4,9H2,1-2H3. The van der Waals surface area contributed by atoms with Gasteiger partial charge in [0, 0.05) is 24.1 Å². The van der Waals surface area contributed by atoms with Crippen molar-refractivity contribution in [3.05, 3.63) is 47.0 Å². The highest BCUT2D eigenvalue weighted by Crippen LogP contribution is 2.34. The number of aryl methyl sites for hydroxylation is 1. The summed E-state index contributed by atoms with van der Waals surface area (Å²) in [6.07, 6.45) is 1.30. The van der Waals surface area contributed by atoms with Crippen LogP contribution in [-0.4, -0.2) is 28.0 Å². The average molecular weight is 395 g/mol. The van der Waals surface area contributed by atoms with E-state index in [2.05, 4.69) is 4.72 Å². The molecule has 1 aliphatic heterocycles. The zero-order chi connectivity index (χ0) is 18.9. The number of benzene rings is 2.